The van der Waals surface area contributed by atoms with Crippen molar-refractivity contribution in [2.24, 2.45) is 0 Å². The van der Waals surface area contributed by atoms with E-state index in [2.05, 4.69) is 80.4 Å². The molecule has 2 atom stereocenters. The molecule has 0 saturated heterocycles. The van der Waals surface area contributed by atoms with E-state index in [1.807, 2.05) is 21.3 Å². The van der Waals surface area contributed by atoms with E-state index in [9.17, 15) is 5.26 Å². The zero-order chi connectivity index (χ0) is 22.0. The summed E-state index contributed by atoms with van der Waals surface area (Å²) in [6.45, 7) is 6.25. The Labute approximate surface area is 182 Å². The highest BCUT2D eigenvalue weighted by Gasteiger charge is 2.23. The molecule has 4 rings (SSSR count). The zero-order valence-corrected chi connectivity index (χ0v) is 18.2. The lowest BCUT2D eigenvalue weighted by molar-refractivity contribution is 0.471. The normalized spacial score (nSPS) is 13.1. The molecule has 0 fully saturated rings. The van der Waals surface area contributed by atoms with Gasteiger partial charge in [-0.3, -0.25) is 9.98 Å². The zero-order valence-electron chi connectivity index (χ0n) is 18.2. The van der Waals surface area contributed by atoms with Gasteiger partial charge in [0.15, 0.2) is 5.65 Å². The van der Waals surface area contributed by atoms with E-state index in [0.29, 0.717) is 18.5 Å². The van der Waals surface area contributed by atoms with E-state index in [-0.39, 0.29) is 12.1 Å². The second-order valence-electron chi connectivity index (χ2n) is 8.20. The molecule has 31 heavy (non-hydrogen) atoms. The van der Waals surface area contributed by atoms with Crippen molar-refractivity contribution in [3.8, 4) is 6.07 Å². The molecule has 5 heteroatoms. The second kappa shape index (κ2) is 8.61. The quantitative estimate of drug-likeness (QED) is 0.473. The van der Waals surface area contributed by atoms with Crippen LogP contribution in [0.4, 0.5) is 0 Å². The van der Waals surface area contributed by atoms with Gasteiger partial charge in [-0.1, -0.05) is 59.7 Å². The topological polar surface area (TPSA) is 70.4 Å². The van der Waals surface area contributed by atoms with E-state index in [1.54, 1.807) is 6.20 Å². The highest BCUT2D eigenvalue weighted by Crippen LogP contribution is 2.26. The Morgan fingerprint density at radius 3 is 2.26 bits per heavy atom. The molecule has 0 aliphatic heterocycles. The Balaban J connectivity index is 1.84. The number of imidazole rings is 1. The summed E-state index contributed by atoms with van der Waals surface area (Å²) in [4.78, 5) is 4.62. The summed E-state index contributed by atoms with van der Waals surface area (Å²) in [6.07, 6.45) is 2.76. The molecule has 0 spiro atoms. The number of rotatable bonds is 6. The van der Waals surface area contributed by atoms with Gasteiger partial charge in [0.1, 0.15) is 0 Å². The standard InChI is InChI=1S/C26H27N5/c1-18-6-10-21(11-7-18)17-23(14-15-27)31-25-24(5-4-16-29-25)30(26(31)28)20(3)22-12-8-19(2)9-13-22/h4-13,16,20,23,28H,14,17H2,1-3H3. The number of fused-ring (bicyclic) bond motifs is 1. The molecule has 0 radical (unpaired) electrons. The smallest absolute Gasteiger partial charge is 0.205 e. The van der Waals surface area contributed by atoms with Gasteiger partial charge in [-0.15, -0.1) is 0 Å². The van der Waals surface area contributed by atoms with Crippen LogP contribution in [0.15, 0.2) is 66.9 Å². The lowest BCUT2D eigenvalue weighted by atomic mass is 10.0. The molecule has 5 nitrogen and oxygen atoms in total. The maximum Gasteiger partial charge on any atom is 0.205 e. The first-order chi connectivity index (χ1) is 15.0. The van der Waals surface area contributed by atoms with Gasteiger partial charge in [0.05, 0.1) is 30.1 Å². The summed E-state index contributed by atoms with van der Waals surface area (Å²) in [6, 6.07) is 22.9. The van der Waals surface area contributed by atoms with Crippen LogP contribution in [-0.4, -0.2) is 14.1 Å². The fourth-order valence-corrected chi connectivity index (χ4v) is 4.18. The number of benzene rings is 2. The number of nitrogens with one attached hydrogen (secondary N) is 1. The Morgan fingerprint density at radius 1 is 0.968 bits per heavy atom. The van der Waals surface area contributed by atoms with Crippen LogP contribution in [0.5, 0.6) is 0 Å². The molecular formula is C26H27N5. The first-order valence-electron chi connectivity index (χ1n) is 10.6. The molecule has 2 heterocycles. The molecule has 0 aliphatic rings. The number of pyridine rings is 1. The lowest BCUT2D eigenvalue weighted by Crippen LogP contribution is -2.30. The van der Waals surface area contributed by atoms with E-state index >= 15 is 0 Å². The van der Waals surface area contributed by atoms with Gasteiger partial charge in [0.2, 0.25) is 5.62 Å². The van der Waals surface area contributed by atoms with Crippen molar-refractivity contribution in [3.63, 3.8) is 0 Å². The van der Waals surface area contributed by atoms with Crippen LogP contribution in [0.25, 0.3) is 11.2 Å². The molecule has 2 unspecified atom stereocenters. The molecule has 2 aromatic heterocycles. The van der Waals surface area contributed by atoms with E-state index in [0.717, 1.165) is 22.3 Å². The largest absolute Gasteiger partial charge is 0.302 e. The third-order valence-electron chi connectivity index (χ3n) is 5.94. The van der Waals surface area contributed by atoms with Crippen LogP contribution in [0, 0.1) is 30.6 Å². The van der Waals surface area contributed by atoms with Gasteiger partial charge in [0.25, 0.3) is 0 Å². The average molecular weight is 410 g/mol. The minimum absolute atomic E-state index is 0.0249. The highest BCUT2D eigenvalue weighted by atomic mass is 15.2. The fraction of sp³-hybridized carbons (Fsp3) is 0.269. The van der Waals surface area contributed by atoms with Crippen LogP contribution < -0.4 is 5.62 Å². The molecule has 1 N–H and O–H groups in total. The molecule has 156 valence electrons. The third-order valence-corrected chi connectivity index (χ3v) is 5.94. The number of nitrogens with zero attached hydrogens (tertiary/aromatic N) is 4. The lowest BCUT2D eigenvalue weighted by Gasteiger charge is -2.18. The Bertz CT molecular complexity index is 1290. The van der Waals surface area contributed by atoms with Crippen LogP contribution in [-0.2, 0) is 6.42 Å². The number of nitriles is 1. The summed E-state index contributed by atoms with van der Waals surface area (Å²) in [5.74, 6) is 0. The molecule has 0 saturated carbocycles. The van der Waals surface area contributed by atoms with Crippen molar-refractivity contribution >= 4 is 11.2 Å². The van der Waals surface area contributed by atoms with Crippen molar-refractivity contribution in [2.45, 2.75) is 45.7 Å². The first kappa shape index (κ1) is 20.6. The van der Waals surface area contributed by atoms with Crippen LogP contribution in [0.2, 0.25) is 0 Å². The maximum atomic E-state index is 9.55. The average Bonchev–Trinajstić information content (AvgIpc) is 3.06. The van der Waals surface area contributed by atoms with Crippen molar-refractivity contribution in [1.82, 2.24) is 14.1 Å². The summed E-state index contributed by atoms with van der Waals surface area (Å²) < 4.78 is 3.95. The third kappa shape index (κ3) is 4.02. The first-order valence-corrected chi connectivity index (χ1v) is 10.6. The number of aryl methyl sites for hydroxylation is 2. The van der Waals surface area contributed by atoms with Crippen LogP contribution in [0.1, 0.15) is 47.7 Å². The Hall–Kier alpha value is -3.65. The minimum Gasteiger partial charge on any atom is -0.302 e. The van der Waals surface area contributed by atoms with Crippen LogP contribution in [0.3, 0.4) is 0 Å². The summed E-state index contributed by atoms with van der Waals surface area (Å²) in [5.41, 5.74) is 6.74. The monoisotopic (exact) mass is 409 g/mol. The van der Waals surface area contributed by atoms with Crippen molar-refractivity contribution in [1.29, 1.82) is 10.7 Å². The molecule has 2 aromatic carbocycles. The van der Waals surface area contributed by atoms with Gasteiger partial charge < -0.3 is 4.57 Å². The summed E-state index contributed by atoms with van der Waals surface area (Å²) >= 11 is 0. The molecule has 0 bridgehead atoms. The van der Waals surface area contributed by atoms with Gasteiger partial charge in [-0.25, -0.2) is 4.98 Å². The van der Waals surface area contributed by atoms with Gasteiger partial charge in [-0.05, 0) is 50.5 Å². The Kier molecular flexibility index (Phi) is 5.73. The van der Waals surface area contributed by atoms with E-state index < -0.39 is 0 Å². The second-order valence-corrected chi connectivity index (χ2v) is 8.20. The fourth-order valence-electron chi connectivity index (χ4n) is 4.18. The van der Waals surface area contributed by atoms with E-state index in [1.165, 1.54) is 11.1 Å². The SMILES string of the molecule is Cc1ccc(CC(CC#N)n2c(=N)n(C(C)c3ccc(C)cc3)c3cccnc32)cc1. The van der Waals surface area contributed by atoms with Crippen molar-refractivity contribution in [2.75, 3.05) is 0 Å². The summed E-state index contributed by atoms with van der Waals surface area (Å²) in [5, 5.41) is 18.6. The van der Waals surface area contributed by atoms with E-state index in [4.69, 9.17) is 5.41 Å². The molecule has 4 aromatic rings. The molecule has 0 aliphatic carbocycles. The maximum absolute atomic E-state index is 9.55. The van der Waals surface area contributed by atoms with Gasteiger partial charge in [0, 0.05) is 6.20 Å². The molecular weight excluding hydrogens is 382 g/mol. The minimum atomic E-state index is -0.163. The van der Waals surface area contributed by atoms with Crippen molar-refractivity contribution < 1.29 is 0 Å². The summed E-state index contributed by atoms with van der Waals surface area (Å²) in [7, 11) is 0. The van der Waals surface area contributed by atoms with Crippen molar-refractivity contribution in [3.05, 3.63) is 94.7 Å². The molecule has 0 amide bonds. The Morgan fingerprint density at radius 2 is 1.61 bits per heavy atom. The van der Waals surface area contributed by atoms with Gasteiger partial charge in [-0.2, -0.15) is 5.26 Å². The van der Waals surface area contributed by atoms with Gasteiger partial charge >= 0.3 is 0 Å². The number of aromatic nitrogens is 3. The highest BCUT2D eigenvalue weighted by molar-refractivity contribution is 5.72. The number of hydrogen-bond donors (Lipinski definition) is 1. The van der Waals surface area contributed by atoms with Crippen LogP contribution >= 0.6 is 0 Å². The number of hydrogen-bond acceptors (Lipinski definition) is 3. The predicted octanol–water partition coefficient (Wildman–Crippen LogP) is 5.24. The predicted molar refractivity (Wildman–Crippen MR) is 123 cm³/mol.